The zero-order chi connectivity index (χ0) is 19.7. The Labute approximate surface area is 157 Å². The molecule has 0 amide bonds. The molecule has 0 N–H and O–H groups in total. The van der Waals surface area contributed by atoms with E-state index in [0.29, 0.717) is 5.57 Å². The van der Waals surface area contributed by atoms with Crippen LogP contribution >= 0.6 is 0 Å². The topological polar surface area (TPSA) is 9.23 Å². The number of rotatable bonds is 10. The average Bonchev–Trinajstić information content (AvgIpc) is 2.63. The first kappa shape index (κ1) is 22.1. The molecule has 1 saturated carbocycles. The summed E-state index contributed by atoms with van der Waals surface area (Å²) in [4.78, 5) is 0. The predicted molar refractivity (Wildman–Crippen MR) is 107 cm³/mol. The summed E-state index contributed by atoms with van der Waals surface area (Å²) in [5.74, 6) is -0.953. The smallest absolute Gasteiger partial charge is 0.200 e. The number of allylic oxidation sites excluding steroid dienone is 7. The van der Waals surface area contributed by atoms with Crippen LogP contribution in [0.1, 0.15) is 52.4 Å². The van der Waals surface area contributed by atoms with Gasteiger partial charge in [-0.05, 0) is 37.2 Å². The van der Waals surface area contributed by atoms with Gasteiger partial charge in [0.25, 0.3) is 0 Å². The third-order valence-electron chi connectivity index (χ3n) is 4.94. The van der Waals surface area contributed by atoms with Crippen molar-refractivity contribution in [3.8, 4) is 0 Å². The number of ether oxygens (including phenoxy) is 1. The van der Waals surface area contributed by atoms with E-state index < -0.39 is 11.7 Å². The normalized spacial score (nSPS) is 21.2. The summed E-state index contributed by atoms with van der Waals surface area (Å²) >= 11 is 0. The Morgan fingerprint density at radius 2 is 1.62 bits per heavy atom. The van der Waals surface area contributed by atoms with Crippen molar-refractivity contribution < 1.29 is 13.5 Å². The molecular weight excluding hydrogens is 330 g/mol. The van der Waals surface area contributed by atoms with E-state index in [-0.39, 0.29) is 17.9 Å². The third-order valence-corrected chi connectivity index (χ3v) is 4.94. The molecule has 0 aromatic carbocycles. The molecular formula is C23H32F2O. The largest absolute Gasteiger partial charge is 0.491 e. The van der Waals surface area contributed by atoms with Gasteiger partial charge in [0.15, 0.2) is 11.6 Å². The molecule has 1 aliphatic carbocycles. The van der Waals surface area contributed by atoms with Crippen LogP contribution in [-0.4, -0.2) is 6.61 Å². The van der Waals surface area contributed by atoms with Gasteiger partial charge >= 0.3 is 0 Å². The van der Waals surface area contributed by atoms with Crippen molar-refractivity contribution in [3.63, 3.8) is 0 Å². The summed E-state index contributed by atoms with van der Waals surface area (Å²) in [6, 6.07) is 0. The zero-order valence-corrected chi connectivity index (χ0v) is 16.3. The van der Waals surface area contributed by atoms with Gasteiger partial charge in [-0.15, -0.1) is 0 Å². The molecule has 1 nitrogen and oxygen atoms in total. The van der Waals surface area contributed by atoms with Gasteiger partial charge in [-0.2, -0.15) is 4.39 Å². The summed E-state index contributed by atoms with van der Waals surface area (Å²) in [6.07, 6.45) is 10.7. The fraction of sp³-hybridized carbons (Fsp3) is 0.478. The quantitative estimate of drug-likeness (QED) is 0.288. The van der Waals surface area contributed by atoms with Crippen LogP contribution in [0.4, 0.5) is 8.78 Å². The third kappa shape index (κ3) is 7.15. The van der Waals surface area contributed by atoms with Crippen molar-refractivity contribution >= 4 is 0 Å². The standard InChI is InChI=1S/C23H32F2O/c1-7-26-20(6)23(25)22(24)19(5)18(4)12-8-16(2)9-13-21-14-10-17(3)11-15-21/h8,12,17,21H,2,4-7,9-11,13-15H2,1,3H3/b12-8-,23-22-. The number of hydrogen-bond donors (Lipinski definition) is 0. The van der Waals surface area contributed by atoms with Gasteiger partial charge < -0.3 is 4.74 Å². The van der Waals surface area contributed by atoms with Gasteiger partial charge in [0.05, 0.1) is 6.61 Å². The van der Waals surface area contributed by atoms with Crippen molar-refractivity contribution in [1.29, 1.82) is 0 Å². The van der Waals surface area contributed by atoms with Crippen LogP contribution in [0.15, 0.2) is 72.6 Å². The maximum absolute atomic E-state index is 14.1. The minimum Gasteiger partial charge on any atom is -0.491 e. The molecule has 0 bridgehead atoms. The Morgan fingerprint density at radius 1 is 1.00 bits per heavy atom. The molecule has 0 saturated heterocycles. The lowest BCUT2D eigenvalue weighted by molar-refractivity contribution is 0.224. The molecule has 0 heterocycles. The van der Waals surface area contributed by atoms with Crippen LogP contribution < -0.4 is 0 Å². The molecule has 26 heavy (non-hydrogen) atoms. The average molecular weight is 363 g/mol. The predicted octanol–water partition coefficient (Wildman–Crippen LogP) is 7.52. The molecule has 0 spiro atoms. The molecule has 0 radical (unpaired) electrons. The van der Waals surface area contributed by atoms with E-state index in [9.17, 15) is 8.78 Å². The highest BCUT2D eigenvalue weighted by atomic mass is 19.2. The van der Waals surface area contributed by atoms with Crippen LogP contribution in [0.25, 0.3) is 0 Å². The minimum atomic E-state index is -1.14. The number of halogens is 2. The van der Waals surface area contributed by atoms with Gasteiger partial charge in [-0.25, -0.2) is 4.39 Å². The van der Waals surface area contributed by atoms with Crippen LogP contribution in [0.5, 0.6) is 0 Å². The van der Waals surface area contributed by atoms with Crippen molar-refractivity contribution in [2.75, 3.05) is 6.61 Å². The van der Waals surface area contributed by atoms with E-state index in [1.807, 2.05) is 6.08 Å². The van der Waals surface area contributed by atoms with Gasteiger partial charge in [-0.3, -0.25) is 0 Å². The fourth-order valence-electron chi connectivity index (χ4n) is 3.04. The van der Waals surface area contributed by atoms with E-state index >= 15 is 0 Å². The molecule has 1 aliphatic rings. The highest BCUT2D eigenvalue weighted by Gasteiger charge is 2.18. The monoisotopic (exact) mass is 362 g/mol. The number of hydrogen-bond acceptors (Lipinski definition) is 1. The molecule has 0 atom stereocenters. The van der Waals surface area contributed by atoms with Crippen LogP contribution in [-0.2, 0) is 4.74 Å². The molecule has 1 rings (SSSR count). The fourth-order valence-corrected chi connectivity index (χ4v) is 3.04. The Hall–Kier alpha value is -1.90. The maximum Gasteiger partial charge on any atom is 0.200 e. The summed E-state index contributed by atoms with van der Waals surface area (Å²) in [6.45, 7) is 18.9. The van der Waals surface area contributed by atoms with Gasteiger partial charge in [0, 0.05) is 5.57 Å². The molecule has 0 aromatic rings. The lowest BCUT2D eigenvalue weighted by Crippen LogP contribution is -2.12. The lowest BCUT2D eigenvalue weighted by atomic mass is 9.80. The molecule has 1 fully saturated rings. The second-order valence-electron chi connectivity index (χ2n) is 7.14. The van der Waals surface area contributed by atoms with Gasteiger partial charge in [0.1, 0.15) is 0 Å². The summed E-state index contributed by atoms with van der Waals surface area (Å²) < 4.78 is 32.9. The second kappa shape index (κ2) is 10.9. The Bertz CT molecular complexity index is 602. The van der Waals surface area contributed by atoms with Crippen molar-refractivity contribution in [2.45, 2.75) is 52.4 Å². The van der Waals surface area contributed by atoms with Crippen molar-refractivity contribution in [3.05, 3.63) is 72.6 Å². The summed E-state index contributed by atoms with van der Waals surface area (Å²) in [7, 11) is 0. The minimum absolute atomic E-state index is 0.117. The van der Waals surface area contributed by atoms with E-state index in [2.05, 4.69) is 33.2 Å². The molecule has 0 aliphatic heterocycles. The van der Waals surface area contributed by atoms with Crippen molar-refractivity contribution in [2.24, 2.45) is 11.8 Å². The van der Waals surface area contributed by atoms with Gasteiger partial charge in [0.2, 0.25) is 5.83 Å². The molecule has 0 aromatic heterocycles. The van der Waals surface area contributed by atoms with E-state index in [0.717, 1.165) is 30.3 Å². The molecule has 0 unspecified atom stereocenters. The first-order chi connectivity index (χ1) is 12.3. The first-order valence-electron chi connectivity index (χ1n) is 9.37. The van der Waals surface area contributed by atoms with Crippen LogP contribution in [0.3, 0.4) is 0 Å². The summed E-state index contributed by atoms with van der Waals surface area (Å²) in [5.41, 5.74) is 1.14. The summed E-state index contributed by atoms with van der Waals surface area (Å²) in [5, 5.41) is 0. The Balaban J connectivity index is 2.52. The van der Waals surface area contributed by atoms with E-state index in [1.165, 1.54) is 25.7 Å². The SMILES string of the molecule is C=C(/C=C\C(=C)C(=C)/C(F)=C(/F)C(=C)OCC)CCC1CCC(C)CC1. The highest BCUT2D eigenvalue weighted by Crippen LogP contribution is 2.32. The second-order valence-corrected chi connectivity index (χ2v) is 7.14. The first-order valence-corrected chi connectivity index (χ1v) is 9.37. The lowest BCUT2D eigenvalue weighted by Gasteiger charge is -2.26. The zero-order valence-electron chi connectivity index (χ0n) is 16.3. The van der Waals surface area contributed by atoms with E-state index in [1.54, 1.807) is 13.0 Å². The van der Waals surface area contributed by atoms with Gasteiger partial charge in [-0.1, -0.05) is 76.6 Å². The van der Waals surface area contributed by atoms with E-state index in [4.69, 9.17) is 4.74 Å². The van der Waals surface area contributed by atoms with Crippen LogP contribution in [0.2, 0.25) is 0 Å². The molecule has 3 heteroatoms. The van der Waals surface area contributed by atoms with Crippen LogP contribution in [0, 0.1) is 11.8 Å². The highest BCUT2D eigenvalue weighted by molar-refractivity contribution is 5.49. The molecule has 144 valence electrons. The van der Waals surface area contributed by atoms with Crippen molar-refractivity contribution in [1.82, 2.24) is 0 Å². The maximum atomic E-state index is 14.1. The Kier molecular flexibility index (Phi) is 9.32. The Morgan fingerprint density at radius 3 is 2.19 bits per heavy atom.